The van der Waals surface area contributed by atoms with Crippen LogP contribution in [0.5, 0.6) is 5.75 Å². The Morgan fingerprint density at radius 1 is 1.27 bits per heavy atom. The van der Waals surface area contributed by atoms with Crippen molar-refractivity contribution < 1.29 is 17.8 Å². The minimum absolute atomic E-state index is 0.196. The molecule has 6 heteroatoms. The van der Waals surface area contributed by atoms with Crippen molar-refractivity contribution in [2.24, 2.45) is 5.73 Å². The number of nitrogens with two attached hydrogens (primary N) is 1. The van der Waals surface area contributed by atoms with Gasteiger partial charge in [-0.2, -0.15) is 13.2 Å². The topological polar surface area (TPSA) is 35.2 Å². The maximum atomic E-state index is 12.4. The molecule has 0 amide bonds. The number of para-hydroxylation sites is 1. The lowest BCUT2D eigenvalue weighted by Gasteiger charge is -2.13. The summed E-state index contributed by atoms with van der Waals surface area (Å²) < 4.78 is 42.2. The molecule has 0 fully saturated rings. The van der Waals surface area contributed by atoms with Crippen molar-refractivity contribution in [3.63, 3.8) is 0 Å². The molecule has 1 aromatic rings. The highest BCUT2D eigenvalue weighted by Crippen LogP contribution is 2.35. The molecule has 1 aromatic carbocycles. The van der Waals surface area contributed by atoms with Crippen molar-refractivity contribution in [3.8, 4) is 5.75 Å². The summed E-state index contributed by atoms with van der Waals surface area (Å²) in [4.78, 5) is 0. The summed E-state index contributed by atoms with van der Waals surface area (Å²) in [5.74, 6) is -0.196. The molecule has 1 radical (unpaired) electrons. The maximum absolute atomic E-state index is 12.4. The summed E-state index contributed by atoms with van der Waals surface area (Å²) in [6.45, 7) is 0.341. The van der Waals surface area contributed by atoms with Gasteiger partial charge in [0, 0.05) is 0 Å². The maximum Gasteiger partial charge on any atom is 0.419 e. The highest BCUT2D eigenvalue weighted by molar-refractivity contribution is 6.28. The zero-order valence-electron chi connectivity index (χ0n) is 7.92. The minimum atomic E-state index is -4.40. The summed E-state index contributed by atoms with van der Waals surface area (Å²) in [5.41, 5.74) is 4.40. The highest BCUT2D eigenvalue weighted by atomic mass is 19.4. The fourth-order valence-corrected chi connectivity index (χ4v) is 1.02. The molecule has 0 heterocycles. The fraction of sp³-hybridized carbons (Fsp3) is 0.333. The van der Waals surface area contributed by atoms with Crippen LogP contribution in [-0.2, 0) is 6.18 Å². The standard InChI is InChI=1S/C9H10BF3NO/c11-9(12,13)7-3-1-2-4-8(7)15-10-5-6-14/h1-4H,5-6,14H2. The molecule has 81 valence electrons. The molecule has 0 aliphatic rings. The van der Waals surface area contributed by atoms with Crippen LogP contribution in [0.15, 0.2) is 24.3 Å². The van der Waals surface area contributed by atoms with Crippen molar-refractivity contribution in [2.45, 2.75) is 12.5 Å². The largest absolute Gasteiger partial charge is 0.563 e. The number of rotatable bonds is 4. The Morgan fingerprint density at radius 3 is 2.53 bits per heavy atom. The lowest BCUT2D eigenvalue weighted by molar-refractivity contribution is -0.138. The SMILES string of the molecule is NCC[B]Oc1ccccc1C(F)(F)F. The van der Waals surface area contributed by atoms with Crippen LogP contribution in [0.25, 0.3) is 0 Å². The molecule has 2 nitrogen and oxygen atoms in total. The zero-order chi connectivity index (χ0) is 11.3. The molecule has 1 rings (SSSR count). The average molecular weight is 216 g/mol. The van der Waals surface area contributed by atoms with Gasteiger partial charge in [-0.05, 0) is 25.0 Å². The minimum Gasteiger partial charge on any atom is -0.563 e. The van der Waals surface area contributed by atoms with Crippen LogP contribution >= 0.6 is 0 Å². The van der Waals surface area contributed by atoms with E-state index in [1.54, 1.807) is 0 Å². The summed E-state index contributed by atoms with van der Waals surface area (Å²) in [7, 11) is 1.27. The van der Waals surface area contributed by atoms with Crippen LogP contribution in [0.2, 0.25) is 6.32 Å². The van der Waals surface area contributed by atoms with Gasteiger partial charge in [-0.3, -0.25) is 0 Å². The Morgan fingerprint density at radius 2 is 1.93 bits per heavy atom. The van der Waals surface area contributed by atoms with Gasteiger partial charge in [0.25, 0.3) is 0 Å². The van der Waals surface area contributed by atoms with E-state index in [0.717, 1.165) is 6.07 Å². The second-order valence-electron chi connectivity index (χ2n) is 2.86. The van der Waals surface area contributed by atoms with Crippen molar-refractivity contribution in [2.75, 3.05) is 6.54 Å². The Labute approximate surface area is 86.5 Å². The molecule has 0 unspecified atom stereocenters. The summed E-state index contributed by atoms with van der Waals surface area (Å²) in [6.07, 6.45) is -3.99. The molecule has 0 saturated carbocycles. The molecule has 0 atom stereocenters. The fourth-order valence-electron chi connectivity index (χ4n) is 1.02. The van der Waals surface area contributed by atoms with Gasteiger partial charge in [0.2, 0.25) is 0 Å². The molecule has 0 spiro atoms. The third kappa shape index (κ3) is 3.47. The molecule has 0 aromatic heterocycles. The monoisotopic (exact) mass is 216 g/mol. The first kappa shape index (κ1) is 11.9. The summed E-state index contributed by atoms with van der Waals surface area (Å²) in [6, 6.07) is 5.06. The van der Waals surface area contributed by atoms with Crippen LogP contribution in [0, 0.1) is 0 Å². The number of alkyl halides is 3. The van der Waals surface area contributed by atoms with Gasteiger partial charge in [-0.1, -0.05) is 12.1 Å². The number of hydrogen-bond acceptors (Lipinski definition) is 2. The van der Waals surface area contributed by atoms with Crippen LogP contribution in [0.4, 0.5) is 13.2 Å². The Balaban J connectivity index is 2.78. The van der Waals surface area contributed by atoms with Gasteiger partial charge in [0.1, 0.15) is 5.75 Å². The number of benzene rings is 1. The Bertz CT molecular complexity index is 316. The molecule has 0 aliphatic heterocycles. The quantitative estimate of drug-likeness (QED) is 0.617. The van der Waals surface area contributed by atoms with Crippen LogP contribution in [0.1, 0.15) is 5.56 Å². The molecule has 0 aliphatic carbocycles. The first-order valence-electron chi connectivity index (χ1n) is 4.40. The van der Waals surface area contributed by atoms with Crippen LogP contribution in [-0.4, -0.2) is 14.0 Å². The van der Waals surface area contributed by atoms with E-state index in [1.165, 1.54) is 25.7 Å². The Hall–Kier alpha value is -1.17. The van der Waals surface area contributed by atoms with Gasteiger partial charge >= 0.3 is 13.7 Å². The van der Waals surface area contributed by atoms with E-state index in [0.29, 0.717) is 12.9 Å². The van der Waals surface area contributed by atoms with Crippen molar-refractivity contribution in [3.05, 3.63) is 29.8 Å². The summed E-state index contributed by atoms with van der Waals surface area (Å²) in [5, 5.41) is 0. The van der Waals surface area contributed by atoms with Gasteiger partial charge in [-0.15, -0.1) is 0 Å². The van der Waals surface area contributed by atoms with Gasteiger partial charge in [0.05, 0.1) is 5.56 Å². The number of hydrogen-bond donors (Lipinski definition) is 1. The first-order chi connectivity index (χ1) is 7.05. The molecular formula is C9H10BF3NO. The van der Waals surface area contributed by atoms with E-state index in [9.17, 15) is 13.2 Å². The zero-order valence-corrected chi connectivity index (χ0v) is 7.92. The van der Waals surface area contributed by atoms with Crippen molar-refractivity contribution in [1.29, 1.82) is 0 Å². The van der Waals surface area contributed by atoms with E-state index in [1.807, 2.05) is 0 Å². The van der Waals surface area contributed by atoms with E-state index in [4.69, 9.17) is 10.4 Å². The van der Waals surface area contributed by atoms with E-state index in [2.05, 4.69) is 0 Å². The predicted molar refractivity (Wildman–Crippen MR) is 51.7 cm³/mol. The van der Waals surface area contributed by atoms with E-state index >= 15 is 0 Å². The number of halogens is 3. The van der Waals surface area contributed by atoms with E-state index in [-0.39, 0.29) is 5.75 Å². The average Bonchev–Trinajstić information content (AvgIpc) is 2.17. The normalized spacial score (nSPS) is 11.2. The van der Waals surface area contributed by atoms with Crippen LogP contribution in [0.3, 0.4) is 0 Å². The van der Waals surface area contributed by atoms with Crippen molar-refractivity contribution >= 4 is 7.48 Å². The Kier molecular flexibility index (Phi) is 4.02. The predicted octanol–water partition coefficient (Wildman–Crippen LogP) is 2.08. The van der Waals surface area contributed by atoms with Crippen molar-refractivity contribution in [1.82, 2.24) is 0 Å². The second-order valence-corrected chi connectivity index (χ2v) is 2.86. The molecular weight excluding hydrogens is 206 g/mol. The second kappa shape index (κ2) is 5.07. The molecule has 0 saturated heterocycles. The van der Waals surface area contributed by atoms with Gasteiger partial charge < -0.3 is 10.4 Å². The molecule has 2 N–H and O–H groups in total. The van der Waals surface area contributed by atoms with Crippen LogP contribution < -0.4 is 10.4 Å². The third-order valence-electron chi connectivity index (χ3n) is 1.69. The summed E-state index contributed by atoms with van der Waals surface area (Å²) >= 11 is 0. The molecule has 0 bridgehead atoms. The van der Waals surface area contributed by atoms with Gasteiger partial charge in [0.15, 0.2) is 0 Å². The third-order valence-corrected chi connectivity index (χ3v) is 1.69. The highest BCUT2D eigenvalue weighted by Gasteiger charge is 2.33. The van der Waals surface area contributed by atoms with Gasteiger partial charge in [-0.25, -0.2) is 0 Å². The lowest BCUT2D eigenvalue weighted by atomic mass is 9.95. The lowest BCUT2D eigenvalue weighted by Crippen LogP contribution is -2.13. The smallest absolute Gasteiger partial charge is 0.419 e. The van der Waals surface area contributed by atoms with E-state index < -0.39 is 11.7 Å². The molecule has 15 heavy (non-hydrogen) atoms. The first-order valence-corrected chi connectivity index (χ1v) is 4.40.